The zero-order valence-corrected chi connectivity index (χ0v) is 12.6. The Morgan fingerprint density at radius 1 is 1.45 bits per heavy atom. The number of likely N-dealkylation sites (tertiary alicyclic amines) is 1. The van der Waals surface area contributed by atoms with Crippen molar-refractivity contribution in [2.45, 2.75) is 50.0 Å². The van der Waals surface area contributed by atoms with Crippen molar-refractivity contribution in [2.24, 2.45) is 0 Å². The predicted octanol–water partition coefficient (Wildman–Crippen LogP) is 1.01. The number of rotatable bonds is 2. The van der Waals surface area contributed by atoms with Crippen LogP contribution in [0.25, 0.3) is 0 Å². The summed E-state index contributed by atoms with van der Waals surface area (Å²) < 4.78 is 5.89. The van der Waals surface area contributed by atoms with Crippen LogP contribution in [0.5, 0.6) is 0 Å². The third kappa shape index (κ3) is 2.63. The van der Waals surface area contributed by atoms with Crippen molar-refractivity contribution in [3.63, 3.8) is 0 Å². The second kappa shape index (κ2) is 5.35. The van der Waals surface area contributed by atoms with Gasteiger partial charge in [0.2, 0.25) is 0 Å². The second-order valence-electron chi connectivity index (χ2n) is 6.17. The first kappa shape index (κ1) is 14.4. The summed E-state index contributed by atoms with van der Waals surface area (Å²) in [4.78, 5) is 7.72. The largest absolute Gasteiger partial charge is 0.387 e. The first-order valence-corrected chi connectivity index (χ1v) is 8.04. The maximum Gasteiger partial charge on any atom is 0.111 e. The minimum Gasteiger partial charge on any atom is -0.387 e. The Labute approximate surface area is 123 Å². The van der Waals surface area contributed by atoms with Gasteiger partial charge in [-0.05, 0) is 19.8 Å². The Morgan fingerprint density at radius 3 is 2.85 bits per heavy atom. The lowest BCUT2D eigenvalue weighted by Crippen LogP contribution is -2.64. The molecule has 2 saturated heterocycles. The molecule has 2 aliphatic heterocycles. The van der Waals surface area contributed by atoms with Crippen molar-refractivity contribution in [1.29, 1.82) is 0 Å². The molecule has 2 aliphatic rings. The lowest BCUT2D eigenvalue weighted by Gasteiger charge is -2.51. The molecule has 3 rings (SSSR count). The normalized spacial score (nSPS) is 34.5. The van der Waals surface area contributed by atoms with Crippen LogP contribution in [-0.4, -0.2) is 57.1 Å². The zero-order valence-electron chi connectivity index (χ0n) is 11.8. The molecule has 1 aromatic rings. The highest BCUT2D eigenvalue weighted by molar-refractivity contribution is 7.09. The molecule has 0 aliphatic carbocycles. The van der Waals surface area contributed by atoms with Gasteiger partial charge in [-0.15, -0.1) is 11.3 Å². The Kier molecular flexibility index (Phi) is 3.85. The Bertz CT molecular complexity index is 441. The quantitative estimate of drug-likeness (QED) is 0.853. The van der Waals surface area contributed by atoms with E-state index >= 15 is 0 Å². The third-order valence-electron chi connectivity index (χ3n) is 4.65. The number of nitrogens with zero attached hydrogens (tertiary/aromatic N) is 2. The molecule has 5 nitrogen and oxygen atoms in total. The molecule has 1 aromatic heterocycles. The summed E-state index contributed by atoms with van der Waals surface area (Å²) in [7, 11) is 0. The molecule has 2 N–H and O–H groups in total. The summed E-state index contributed by atoms with van der Waals surface area (Å²) in [6.45, 7) is 4.91. The van der Waals surface area contributed by atoms with Gasteiger partial charge >= 0.3 is 0 Å². The molecule has 0 saturated carbocycles. The molecule has 0 radical (unpaired) electrons. The fraction of sp³-hybridized carbons (Fsp3) is 0.786. The summed E-state index contributed by atoms with van der Waals surface area (Å²) >= 11 is 1.67. The number of piperidine rings is 1. The SMILES string of the molecule is C[C@@]1(O)CCOC2(CCN(Cc3cncs3)CC2)[C@H]1O. The number of aliphatic hydroxyl groups is 2. The zero-order chi connectivity index (χ0) is 14.2. The molecule has 6 heteroatoms. The number of hydrogen-bond acceptors (Lipinski definition) is 6. The molecule has 0 aromatic carbocycles. The lowest BCUT2D eigenvalue weighted by atomic mass is 9.75. The lowest BCUT2D eigenvalue weighted by molar-refractivity contribution is -0.246. The van der Waals surface area contributed by atoms with Crippen LogP contribution >= 0.6 is 11.3 Å². The molecule has 112 valence electrons. The Morgan fingerprint density at radius 2 is 2.20 bits per heavy atom. The fourth-order valence-electron chi connectivity index (χ4n) is 3.29. The highest BCUT2D eigenvalue weighted by Crippen LogP contribution is 2.39. The van der Waals surface area contributed by atoms with Gasteiger partial charge in [0, 0.05) is 37.1 Å². The van der Waals surface area contributed by atoms with E-state index in [4.69, 9.17) is 4.74 Å². The van der Waals surface area contributed by atoms with Crippen LogP contribution < -0.4 is 0 Å². The summed E-state index contributed by atoms with van der Waals surface area (Å²) in [6, 6.07) is 0. The topological polar surface area (TPSA) is 65.8 Å². The predicted molar refractivity (Wildman–Crippen MR) is 76.6 cm³/mol. The van der Waals surface area contributed by atoms with E-state index in [-0.39, 0.29) is 0 Å². The fourth-order valence-corrected chi connectivity index (χ4v) is 3.93. The standard InChI is InChI=1S/C14H22N2O3S/c1-13(18)4-7-19-14(12(13)17)2-5-16(6-3-14)9-11-8-15-10-20-11/h8,10,12,17-18H,2-7,9H2,1H3/t12-,13+/m0/s1. The van der Waals surface area contributed by atoms with Crippen molar-refractivity contribution < 1.29 is 14.9 Å². The maximum atomic E-state index is 10.5. The van der Waals surface area contributed by atoms with Gasteiger partial charge in [-0.3, -0.25) is 9.88 Å². The van der Waals surface area contributed by atoms with Crippen LogP contribution in [0.3, 0.4) is 0 Å². The van der Waals surface area contributed by atoms with Crippen molar-refractivity contribution in [3.8, 4) is 0 Å². The molecular weight excluding hydrogens is 276 g/mol. The van der Waals surface area contributed by atoms with Gasteiger partial charge < -0.3 is 14.9 Å². The first-order valence-electron chi connectivity index (χ1n) is 7.16. The van der Waals surface area contributed by atoms with Crippen LogP contribution in [0, 0.1) is 0 Å². The average Bonchev–Trinajstić information content (AvgIpc) is 2.92. The van der Waals surface area contributed by atoms with Gasteiger partial charge in [0.25, 0.3) is 0 Å². The van der Waals surface area contributed by atoms with Crippen LogP contribution in [0.2, 0.25) is 0 Å². The number of thiazole rings is 1. The average molecular weight is 298 g/mol. The minimum atomic E-state index is -1.03. The van der Waals surface area contributed by atoms with Gasteiger partial charge in [0.15, 0.2) is 0 Å². The van der Waals surface area contributed by atoms with Crippen molar-refractivity contribution >= 4 is 11.3 Å². The molecule has 0 bridgehead atoms. The van der Waals surface area contributed by atoms with Gasteiger partial charge in [-0.25, -0.2) is 0 Å². The van der Waals surface area contributed by atoms with Gasteiger partial charge in [0.05, 0.1) is 23.3 Å². The van der Waals surface area contributed by atoms with E-state index in [0.717, 1.165) is 32.5 Å². The monoisotopic (exact) mass is 298 g/mol. The van der Waals surface area contributed by atoms with E-state index in [1.54, 1.807) is 18.3 Å². The van der Waals surface area contributed by atoms with E-state index in [9.17, 15) is 10.2 Å². The molecular formula is C14H22N2O3S. The highest BCUT2D eigenvalue weighted by Gasteiger charge is 2.52. The minimum absolute atomic E-state index is 0.500. The Balaban J connectivity index is 1.62. The molecule has 0 amide bonds. The smallest absolute Gasteiger partial charge is 0.111 e. The first-order chi connectivity index (χ1) is 9.52. The van der Waals surface area contributed by atoms with Crippen LogP contribution in [0.4, 0.5) is 0 Å². The summed E-state index contributed by atoms with van der Waals surface area (Å²) in [6.07, 6.45) is 3.15. The molecule has 0 unspecified atom stereocenters. The maximum absolute atomic E-state index is 10.5. The van der Waals surface area contributed by atoms with Crippen molar-refractivity contribution in [3.05, 3.63) is 16.6 Å². The van der Waals surface area contributed by atoms with Gasteiger partial charge in [0.1, 0.15) is 6.10 Å². The van der Waals surface area contributed by atoms with E-state index in [0.29, 0.717) is 13.0 Å². The van der Waals surface area contributed by atoms with Crippen LogP contribution in [0.15, 0.2) is 11.7 Å². The molecule has 2 fully saturated rings. The van der Waals surface area contributed by atoms with Crippen LogP contribution in [-0.2, 0) is 11.3 Å². The third-order valence-corrected chi connectivity index (χ3v) is 5.41. The van der Waals surface area contributed by atoms with Gasteiger partial charge in [-0.1, -0.05) is 0 Å². The van der Waals surface area contributed by atoms with Gasteiger partial charge in [-0.2, -0.15) is 0 Å². The number of hydrogen-bond donors (Lipinski definition) is 2. The van der Waals surface area contributed by atoms with Crippen LogP contribution in [0.1, 0.15) is 31.1 Å². The molecule has 2 atom stereocenters. The van der Waals surface area contributed by atoms with E-state index < -0.39 is 17.3 Å². The van der Waals surface area contributed by atoms with E-state index in [2.05, 4.69) is 9.88 Å². The summed E-state index contributed by atoms with van der Waals surface area (Å²) in [5.41, 5.74) is 0.260. The van der Waals surface area contributed by atoms with Crippen molar-refractivity contribution in [2.75, 3.05) is 19.7 Å². The molecule has 3 heterocycles. The van der Waals surface area contributed by atoms with E-state index in [1.165, 1.54) is 4.88 Å². The number of ether oxygens (including phenoxy) is 1. The summed E-state index contributed by atoms with van der Waals surface area (Å²) in [5.74, 6) is 0. The number of aliphatic hydroxyl groups excluding tert-OH is 1. The molecule has 20 heavy (non-hydrogen) atoms. The highest BCUT2D eigenvalue weighted by atomic mass is 32.1. The second-order valence-corrected chi connectivity index (χ2v) is 7.14. The number of aromatic nitrogens is 1. The van der Waals surface area contributed by atoms with Crippen molar-refractivity contribution in [1.82, 2.24) is 9.88 Å². The summed E-state index contributed by atoms with van der Waals surface area (Å²) in [5, 5.41) is 20.7. The molecule has 1 spiro atoms. The Hall–Kier alpha value is -0.530. The van der Waals surface area contributed by atoms with E-state index in [1.807, 2.05) is 11.7 Å².